The molecule has 0 unspecified atom stereocenters. The van der Waals surface area contributed by atoms with E-state index in [9.17, 15) is 14.4 Å². The third-order valence-corrected chi connectivity index (χ3v) is 3.71. The van der Waals surface area contributed by atoms with Crippen LogP contribution in [0.3, 0.4) is 0 Å². The minimum atomic E-state index is -1.05. The van der Waals surface area contributed by atoms with Crippen molar-refractivity contribution in [2.24, 2.45) is 0 Å². The summed E-state index contributed by atoms with van der Waals surface area (Å²) in [7, 11) is 0. The highest BCUT2D eigenvalue weighted by molar-refractivity contribution is 5.85. The summed E-state index contributed by atoms with van der Waals surface area (Å²) >= 11 is 0. The Balaban J connectivity index is 0.000000238. The summed E-state index contributed by atoms with van der Waals surface area (Å²) in [5, 5.41) is 16.8. The van der Waals surface area contributed by atoms with Crippen molar-refractivity contribution in [1.82, 2.24) is 0 Å². The molecule has 0 bridgehead atoms. The molecule has 0 saturated carbocycles. The first-order valence-electron chi connectivity index (χ1n) is 9.62. The van der Waals surface area contributed by atoms with Crippen molar-refractivity contribution in [2.75, 3.05) is 0 Å². The normalized spacial score (nSPS) is 10.6. The molecule has 0 amide bonds. The van der Waals surface area contributed by atoms with Gasteiger partial charge in [0.15, 0.2) is 0 Å². The Morgan fingerprint density at radius 3 is 2.03 bits per heavy atom. The Hall–Kier alpha value is -4.53. The average molecular weight is 454 g/mol. The quantitative estimate of drug-likeness (QED) is 0.356. The van der Waals surface area contributed by atoms with Crippen molar-refractivity contribution in [3.63, 3.8) is 0 Å². The minimum Gasteiger partial charge on any atom is -0.478 e. The SMILES string of the molecule is CC(=O)OCc1ccc(C=CC(=O)O)o1.O=C(O)C=Cc1ccc(OCc2ccccc2)o1. The first-order valence-corrected chi connectivity index (χ1v) is 9.62. The number of hydrogen-bond donors (Lipinski definition) is 2. The highest BCUT2D eigenvalue weighted by Gasteiger charge is 2.02. The summed E-state index contributed by atoms with van der Waals surface area (Å²) in [4.78, 5) is 31.0. The van der Waals surface area contributed by atoms with Crippen molar-refractivity contribution in [1.29, 1.82) is 0 Å². The molecule has 9 heteroatoms. The van der Waals surface area contributed by atoms with Crippen LogP contribution in [0.5, 0.6) is 5.95 Å². The van der Waals surface area contributed by atoms with Crippen LogP contribution in [-0.2, 0) is 32.3 Å². The third-order valence-electron chi connectivity index (χ3n) is 3.71. The molecule has 0 saturated heterocycles. The van der Waals surface area contributed by atoms with Gasteiger partial charge in [-0.2, -0.15) is 0 Å². The molecular formula is C24H22O9. The average Bonchev–Trinajstić information content (AvgIpc) is 3.44. The molecule has 0 fully saturated rings. The van der Waals surface area contributed by atoms with Gasteiger partial charge in [-0.3, -0.25) is 4.79 Å². The highest BCUT2D eigenvalue weighted by Crippen LogP contribution is 2.18. The van der Waals surface area contributed by atoms with Crippen molar-refractivity contribution >= 4 is 30.1 Å². The topological polar surface area (TPSA) is 136 Å². The fourth-order valence-corrected chi connectivity index (χ4v) is 2.27. The lowest BCUT2D eigenvalue weighted by atomic mass is 10.2. The Bertz CT molecular complexity index is 1100. The summed E-state index contributed by atoms with van der Waals surface area (Å²) in [6.45, 7) is 1.76. The number of esters is 1. The smallest absolute Gasteiger partial charge is 0.328 e. The second-order valence-electron chi connectivity index (χ2n) is 6.36. The summed E-state index contributed by atoms with van der Waals surface area (Å²) in [6.07, 6.45) is 4.67. The number of carbonyl (C=O) groups is 3. The number of rotatable bonds is 9. The molecule has 0 spiro atoms. The molecule has 1 aromatic carbocycles. The van der Waals surface area contributed by atoms with Crippen molar-refractivity contribution in [2.45, 2.75) is 20.1 Å². The van der Waals surface area contributed by atoms with Gasteiger partial charge in [-0.25, -0.2) is 9.59 Å². The van der Waals surface area contributed by atoms with Crippen LogP contribution in [0.2, 0.25) is 0 Å². The minimum absolute atomic E-state index is 0.0518. The molecule has 2 heterocycles. The molecule has 3 rings (SSSR count). The molecule has 0 aliphatic carbocycles. The van der Waals surface area contributed by atoms with Gasteiger partial charge in [-0.1, -0.05) is 30.3 Å². The summed E-state index contributed by atoms with van der Waals surface area (Å²) in [5.41, 5.74) is 1.04. The molecule has 2 N–H and O–H groups in total. The van der Waals surface area contributed by atoms with Crippen molar-refractivity contribution < 1.29 is 42.9 Å². The lowest BCUT2D eigenvalue weighted by molar-refractivity contribution is -0.142. The van der Waals surface area contributed by atoms with Crippen LogP contribution in [0, 0.1) is 0 Å². The van der Waals surface area contributed by atoms with Gasteiger partial charge in [0.05, 0.1) is 0 Å². The van der Waals surface area contributed by atoms with Crippen LogP contribution in [-0.4, -0.2) is 28.1 Å². The molecule has 0 radical (unpaired) electrons. The van der Waals surface area contributed by atoms with Gasteiger partial charge < -0.3 is 28.5 Å². The van der Waals surface area contributed by atoms with Gasteiger partial charge in [0.25, 0.3) is 5.95 Å². The number of carboxylic acid groups (broad SMARTS) is 2. The number of hydrogen-bond acceptors (Lipinski definition) is 7. The maximum atomic E-state index is 10.5. The fraction of sp³-hybridized carbons (Fsp3) is 0.125. The summed E-state index contributed by atoms with van der Waals surface area (Å²) in [5.74, 6) is -0.778. The third kappa shape index (κ3) is 10.4. The summed E-state index contributed by atoms with van der Waals surface area (Å²) < 4.78 is 20.6. The molecule has 172 valence electrons. The monoisotopic (exact) mass is 454 g/mol. The zero-order chi connectivity index (χ0) is 24.1. The number of benzene rings is 1. The second kappa shape index (κ2) is 13.0. The van der Waals surface area contributed by atoms with Gasteiger partial charge >= 0.3 is 17.9 Å². The fourth-order valence-electron chi connectivity index (χ4n) is 2.27. The summed E-state index contributed by atoms with van der Waals surface area (Å²) in [6, 6.07) is 16.2. The van der Waals surface area contributed by atoms with Gasteiger partial charge in [0.1, 0.15) is 30.5 Å². The molecule has 9 nitrogen and oxygen atoms in total. The number of carbonyl (C=O) groups excluding carboxylic acids is 1. The van der Waals surface area contributed by atoms with E-state index < -0.39 is 17.9 Å². The molecule has 0 atom stereocenters. The molecule has 33 heavy (non-hydrogen) atoms. The molecule has 0 aliphatic heterocycles. The van der Waals surface area contributed by atoms with E-state index in [0.717, 1.165) is 17.7 Å². The first-order chi connectivity index (χ1) is 15.8. The van der Waals surface area contributed by atoms with Gasteiger partial charge in [-0.05, 0) is 35.9 Å². The van der Waals surface area contributed by atoms with Crippen LogP contribution in [0.4, 0.5) is 0 Å². The lowest BCUT2D eigenvalue weighted by Crippen LogP contribution is -1.97. The molecule has 3 aromatic rings. The van der Waals surface area contributed by atoms with Crippen molar-refractivity contribution in [3.05, 3.63) is 89.6 Å². The Morgan fingerprint density at radius 2 is 1.42 bits per heavy atom. The first kappa shape index (κ1) is 24.7. The number of furan rings is 2. The van der Waals surface area contributed by atoms with E-state index in [1.165, 1.54) is 19.1 Å². The van der Waals surface area contributed by atoms with Gasteiger partial charge in [0, 0.05) is 25.1 Å². The Kier molecular flexibility index (Phi) is 9.75. The van der Waals surface area contributed by atoms with E-state index in [1.807, 2.05) is 30.3 Å². The largest absolute Gasteiger partial charge is 0.478 e. The lowest BCUT2D eigenvalue weighted by Gasteiger charge is -2.01. The predicted octanol–water partition coefficient (Wildman–Crippen LogP) is 4.40. The molecule has 0 aliphatic rings. The van der Waals surface area contributed by atoms with E-state index in [0.29, 0.717) is 29.8 Å². The predicted molar refractivity (Wildman–Crippen MR) is 117 cm³/mol. The van der Waals surface area contributed by atoms with Crippen LogP contribution < -0.4 is 4.74 Å². The van der Waals surface area contributed by atoms with Crippen LogP contribution in [0.15, 0.2) is 75.6 Å². The van der Waals surface area contributed by atoms with E-state index in [1.54, 1.807) is 24.3 Å². The Morgan fingerprint density at radius 1 is 0.818 bits per heavy atom. The van der Waals surface area contributed by atoms with Crippen LogP contribution >= 0.6 is 0 Å². The maximum absolute atomic E-state index is 10.5. The van der Waals surface area contributed by atoms with E-state index in [4.69, 9.17) is 28.5 Å². The number of aliphatic carboxylic acids is 2. The Labute approximate surface area is 189 Å². The van der Waals surface area contributed by atoms with Crippen molar-refractivity contribution in [3.8, 4) is 5.95 Å². The number of carboxylic acids is 2. The zero-order valence-corrected chi connectivity index (χ0v) is 17.7. The second-order valence-corrected chi connectivity index (χ2v) is 6.36. The van der Waals surface area contributed by atoms with E-state index in [2.05, 4.69) is 0 Å². The standard InChI is InChI=1S/C14H12O4.C10H10O5/c15-13(16)8-6-12-7-9-14(18-12)17-10-11-4-2-1-3-5-11;1-7(11)14-6-9-3-2-8(15-9)4-5-10(12)13/h1-9H,10H2,(H,15,16);2-5H,6H2,1H3,(H,12,13). The van der Waals surface area contributed by atoms with E-state index in [-0.39, 0.29) is 6.61 Å². The van der Waals surface area contributed by atoms with Gasteiger partial charge in [0.2, 0.25) is 0 Å². The van der Waals surface area contributed by atoms with E-state index >= 15 is 0 Å². The number of ether oxygens (including phenoxy) is 2. The zero-order valence-electron chi connectivity index (χ0n) is 17.7. The highest BCUT2D eigenvalue weighted by atomic mass is 16.6. The van der Waals surface area contributed by atoms with Crippen LogP contribution in [0.25, 0.3) is 12.2 Å². The van der Waals surface area contributed by atoms with Crippen LogP contribution in [0.1, 0.15) is 29.8 Å². The van der Waals surface area contributed by atoms with Gasteiger partial charge in [-0.15, -0.1) is 0 Å². The molecule has 2 aromatic heterocycles. The maximum Gasteiger partial charge on any atom is 0.328 e. The molecular weight excluding hydrogens is 432 g/mol.